The Bertz CT molecular complexity index is 721. The van der Waals surface area contributed by atoms with E-state index in [1.807, 2.05) is 0 Å². The quantitative estimate of drug-likeness (QED) is 0.855. The van der Waals surface area contributed by atoms with Crippen LogP contribution >= 0.6 is 0 Å². The van der Waals surface area contributed by atoms with E-state index in [-0.39, 0.29) is 24.3 Å². The number of nitrogens with zero attached hydrogens (tertiary/aromatic N) is 1. The topological polar surface area (TPSA) is 32.3 Å². The standard InChI is InChI=1S/C16H14F4N2O/c1-22(8-10-2-3-11(17)6-14(10)20)9-16(23)21-15-7-12(18)4-5-13(15)19/h2-7H,8-9H2,1H3,(H,21,23). The number of nitrogens with one attached hydrogen (secondary N) is 1. The average Bonchev–Trinajstić information content (AvgIpc) is 2.46. The number of rotatable bonds is 5. The maximum atomic E-state index is 13.5. The molecule has 2 aromatic rings. The Morgan fingerprint density at radius 1 is 1.00 bits per heavy atom. The lowest BCUT2D eigenvalue weighted by Gasteiger charge is -2.17. The van der Waals surface area contributed by atoms with Crippen molar-refractivity contribution in [2.45, 2.75) is 6.54 Å². The molecule has 2 aromatic carbocycles. The zero-order valence-electron chi connectivity index (χ0n) is 12.2. The number of hydrogen-bond donors (Lipinski definition) is 1. The molecule has 23 heavy (non-hydrogen) atoms. The van der Waals surface area contributed by atoms with Crippen LogP contribution in [0.5, 0.6) is 0 Å². The lowest BCUT2D eigenvalue weighted by molar-refractivity contribution is -0.117. The van der Waals surface area contributed by atoms with E-state index in [2.05, 4.69) is 5.32 Å². The van der Waals surface area contributed by atoms with Gasteiger partial charge in [0, 0.05) is 24.2 Å². The molecular weight excluding hydrogens is 312 g/mol. The van der Waals surface area contributed by atoms with E-state index in [1.165, 1.54) is 11.0 Å². The Morgan fingerprint density at radius 2 is 1.65 bits per heavy atom. The summed E-state index contributed by atoms with van der Waals surface area (Å²) in [5.74, 6) is -3.42. The first-order valence-corrected chi connectivity index (χ1v) is 6.72. The minimum Gasteiger partial charge on any atom is -0.322 e. The molecule has 0 saturated heterocycles. The second-order valence-electron chi connectivity index (χ2n) is 5.08. The van der Waals surface area contributed by atoms with Crippen LogP contribution in [0.3, 0.4) is 0 Å². The Labute approximate surface area is 130 Å². The SMILES string of the molecule is CN(CC(=O)Nc1cc(F)ccc1F)Cc1ccc(F)cc1F. The lowest BCUT2D eigenvalue weighted by Crippen LogP contribution is -2.30. The van der Waals surface area contributed by atoms with Gasteiger partial charge in [0.05, 0.1) is 12.2 Å². The second-order valence-corrected chi connectivity index (χ2v) is 5.08. The minimum atomic E-state index is -0.757. The van der Waals surface area contributed by atoms with E-state index in [1.54, 1.807) is 7.05 Å². The van der Waals surface area contributed by atoms with Crippen LogP contribution in [0.15, 0.2) is 36.4 Å². The summed E-state index contributed by atoms with van der Waals surface area (Å²) in [7, 11) is 1.55. The largest absolute Gasteiger partial charge is 0.322 e. The van der Waals surface area contributed by atoms with Crippen molar-refractivity contribution in [3.8, 4) is 0 Å². The van der Waals surface area contributed by atoms with Crippen molar-refractivity contribution in [1.82, 2.24) is 4.90 Å². The van der Waals surface area contributed by atoms with Gasteiger partial charge in [0.25, 0.3) is 0 Å². The highest BCUT2D eigenvalue weighted by Crippen LogP contribution is 2.15. The van der Waals surface area contributed by atoms with Crippen LogP contribution in [0.2, 0.25) is 0 Å². The Morgan fingerprint density at radius 3 is 2.35 bits per heavy atom. The maximum Gasteiger partial charge on any atom is 0.238 e. The molecule has 3 nitrogen and oxygen atoms in total. The van der Waals surface area contributed by atoms with E-state index >= 15 is 0 Å². The molecule has 0 bridgehead atoms. The molecule has 2 rings (SSSR count). The summed E-state index contributed by atoms with van der Waals surface area (Å²) in [5, 5.41) is 2.24. The number of carbonyl (C=O) groups is 1. The molecule has 0 atom stereocenters. The summed E-state index contributed by atoms with van der Waals surface area (Å²) >= 11 is 0. The molecule has 0 aliphatic rings. The van der Waals surface area contributed by atoms with Crippen LogP contribution in [-0.4, -0.2) is 24.4 Å². The van der Waals surface area contributed by atoms with Crippen molar-refractivity contribution in [2.75, 3.05) is 18.9 Å². The van der Waals surface area contributed by atoms with Gasteiger partial charge in [0.2, 0.25) is 5.91 Å². The number of halogens is 4. The molecule has 0 unspecified atom stereocenters. The average molecular weight is 326 g/mol. The Kier molecular flexibility index (Phi) is 5.33. The molecule has 0 aliphatic heterocycles. The first kappa shape index (κ1) is 17.0. The van der Waals surface area contributed by atoms with Crippen LogP contribution in [0.4, 0.5) is 23.2 Å². The van der Waals surface area contributed by atoms with E-state index in [0.29, 0.717) is 0 Å². The van der Waals surface area contributed by atoms with Gasteiger partial charge in [-0.3, -0.25) is 9.69 Å². The second kappa shape index (κ2) is 7.23. The van der Waals surface area contributed by atoms with E-state index in [9.17, 15) is 22.4 Å². The highest BCUT2D eigenvalue weighted by molar-refractivity contribution is 5.92. The van der Waals surface area contributed by atoms with E-state index in [4.69, 9.17) is 0 Å². The van der Waals surface area contributed by atoms with Crippen molar-refractivity contribution in [3.05, 3.63) is 65.2 Å². The van der Waals surface area contributed by atoms with Crippen LogP contribution in [0.1, 0.15) is 5.56 Å². The Balaban J connectivity index is 1.95. The van der Waals surface area contributed by atoms with Crippen molar-refractivity contribution >= 4 is 11.6 Å². The zero-order valence-corrected chi connectivity index (χ0v) is 12.2. The monoisotopic (exact) mass is 326 g/mol. The Hall–Kier alpha value is -2.41. The highest BCUT2D eigenvalue weighted by Gasteiger charge is 2.12. The molecule has 0 aromatic heterocycles. The van der Waals surface area contributed by atoms with Crippen LogP contribution in [0, 0.1) is 23.3 Å². The third-order valence-electron chi connectivity index (χ3n) is 3.07. The molecule has 0 aliphatic carbocycles. The molecule has 0 radical (unpaired) electrons. The fourth-order valence-corrected chi connectivity index (χ4v) is 2.02. The third-order valence-corrected chi connectivity index (χ3v) is 3.07. The van der Waals surface area contributed by atoms with Crippen LogP contribution < -0.4 is 5.32 Å². The van der Waals surface area contributed by atoms with Gasteiger partial charge in [-0.25, -0.2) is 17.6 Å². The summed E-state index contributed by atoms with van der Waals surface area (Å²) < 4.78 is 52.8. The maximum absolute atomic E-state index is 13.5. The molecule has 0 spiro atoms. The lowest BCUT2D eigenvalue weighted by atomic mass is 10.2. The van der Waals surface area contributed by atoms with Crippen molar-refractivity contribution in [3.63, 3.8) is 0 Å². The van der Waals surface area contributed by atoms with Gasteiger partial charge in [0.15, 0.2) is 0 Å². The summed E-state index contributed by atoms with van der Waals surface area (Å²) in [4.78, 5) is 13.3. The zero-order chi connectivity index (χ0) is 17.0. The predicted molar refractivity (Wildman–Crippen MR) is 77.7 cm³/mol. The van der Waals surface area contributed by atoms with Gasteiger partial charge in [-0.15, -0.1) is 0 Å². The first-order chi connectivity index (χ1) is 10.8. The molecule has 7 heteroatoms. The number of hydrogen-bond acceptors (Lipinski definition) is 2. The van der Waals surface area contributed by atoms with Crippen molar-refractivity contribution < 1.29 is 22.4 Å². The molecule has 0 fully saturated rings. The third kappa shape index (κ3) is 4.79. The summed E-state index contributed by atoms with van der Waals surface area (Å²) in [6.45, 7) is -0.113. The van der Waals surface area contributed by atoms with Gasteiger partial charge in [0.1, 0.15) is 23.3 Å². The summed E-state index contributed by atoms with van der Waals surface area (Å²) in [6, 6.07) is 5.87. The van der Waals surface area contributed by atoms with Crippen LogP contribution in [-0.2, 0) is 11.3 Å². The number of amides is 1. The highest BCUT2D eigenvalue weighted by atomic mass is 19.1. The molecule has 122 valence electrons. The summed E-state index contributed by atoms with van der Waals surface area (Å²) in [6.07, 6.45) is 0. The molecule has 1 amide bonds. The normalized spacial score (nSPS) is 10.9. The first-order valence-electron chi connectivity index (χ1n) is 6.72. The fraction of sp³-hybridized carbons (Fsp3) is 0.188. The molecule has 0 saturated carbocycles. The van der Waals surface area contributed by atoms with Gasteiger partial charge in [-0.05, 0) is 25.2 Å². The molecule has 1 N–H and O–H groups in total. The number of likely N-dealkylation sites (N-methyl/N-ethyl adjacent to an activating group) is 1. The smallest absolute Gasteiger partial charge is 0.238 e. The van der Waals surface area contributed by atoms with Gasteiger partial charge < -0.3 is 5.32 Å². The number of anilines is 1. The van der Waals surface area contributed by atoms with E-state index in [0.717, 1.165) is 30.3 Å². The van der Waals surface area contributed by atoms with Crippen molar-refractivity contribution in [2.24, 2.45) is 0 Å². The molecular formula is C16H14F4N2O. The van der Waals surface area contributed by atoms with Crippen LogP contribution in [0.25, 0.3) is 0 Å². The predicted octanol–water partition coefficient (Wildman–Crippen LogP) is 3.31. The van der Waals surface area contributed by atoms with E-state index < -0.39 is 29.2 Å². The van der Waals surface area contributed by atoms with Gasteiger partial charge >= 0.3 is 0 Å². The van der Waals surface area contributed by atoms with Gasteiger partial charge in [-0.2, -0.15) is 0 Å². The van der Waals surface area contributed by atoms with Gasteiger partial charge in [-0.1, -0.05) is 6.07 Å². The fourth-order valence-electron chi connectivity index (χ4n) is 2.02. The molecule has 0 heterocycles. The van der Waals surface area contributed by atoms with Crippen molar-refractivity contribution in [1.29, 1.82) is 0 Å². The minimum absolute atomic E-state index is 0.0607. The number of carbonyl (C=O) groups excluding carboxylic acids is 1. The number of benzene rings is 2. The summed E-state index contributed by atoms with van der Waals surface area (Å²) in [5.41, 5.74) is -0.0463.